The molecule has 1 aromatic rings. The van der Waals surface area contributed by atoms with Crippen molar-refractivity contribution in [3.8, 4) is 0 Å². The molecule has 3 aliphatic rings. The molecule has 3 nitrogen and oxygen atoms in total. The maximum atomic E-state index is 12.9. The Morgan fingerprint density at radius 3 is 2.70 bits per heavy atom. The normalized spacial score (nSPS) is 44.8. The van der Waals surface area contributed by atoms with Crippen LogP contribution in [0.3, 0.4) is 0 Å². The van der Waals surface area contributed by atoms with Gasteiger partial charge in [0.25, 0.3) is 5.91 Å². The van der Waals surface area contributed by atoms with Gasteiger partial charge in [-0.05, 0) is 37.3 Å². The van der Waals surface area contributed by atoms with Gasteiger partial charge >= 0.3 is 0 Å². The summed E-state index contributed by atoms with van der Waals surface area (Å²) in [7, 11) is 0. The highest BCUT2D eigenvalue weighted by Crippen LogP contribution is 2.75. The van der Waals surface area contributed by atoms with Crippen molar-refractivity contribution >= 4 is 11.6 Å². The van der Waals surface area contributed by atoms with Crippen molar-refractivity contribution in [2.45, 2.75) is 38.7 Å². The zero-order chi connectivity index (χ0) is 14.0. The number of benzene rings is 1. The van der Waals surface area contributed by atoms with Gasteiger partial charge in [0.2, 0.25) is 0 Å². The Balaban J connectivity index is 1.68. The first-order valence-corrected chi connectivity index (χ1v) is 7.52. The fourth-order valence-electron chi connectivity index (χ4n) is 5.01. The van der Waals surface area contributed by atoms with E-state index in [-0.39, 0.29) is 16.7 Å². The number of para-hydroxylation sites is 1. The van der Waals surface area contributed by atoms with Crippen molar-refractivity contribution in [1.82, 2.24) is 0 Å². The molecule has 106 valence electrons. The predicted molar refractivity (Wildman–Crippen MR) is 77.3 cm³/mol. The van der Waals surface area contributed by atoms with Gasteiger partial charge in [0.05, 0.1) is 6.61 Å². The molecule has 0 unspecified atom stereocenters. The fraction of sp³-hybridized carbons (Fsp3) is 0.588. The van der Waals surface area contributed by atoms with Crippen molar-refractivity contribution in [2.75, 3.05) is 11.9 Å². The van der Waals surface area contributed by atoms with E-state index < -0.39 is 5.60 Å². The molecule has 4 atom stereocenters. The lowest BCUT2D eigenvalue weighted by Gasteiger charge is -2.39. The van der Waals surface area contributed by atoms with Crippen molar-refractivity contribution in [3.63, 3.8) is 0 Å². The van der Waals surface area contributed by atoms with Crippen LogP contribution >= 0.6 is 0 Å². The predicted octanol–water partition coefficient (Wildman–Crippen LogP) is 3.22. The number of carbonyl (C=O) groups excluding carboxylic acids is 1. The number of hydrogen-bond acceptors (Lipinski definition) is 2. The smallest absolute Gasteiger partial charge is 0.257 e. The molecule has 0 aromatic heterocycles. The lowest BCUT2D eigenvalue weighted by atomic mass is 9.66. The lowest BCUT2D eigenvalue weighted by molar-refractivity contribution is -0.149. The Labute approximate surface area is 119 Å². The molecule has 1 aliphatic heterocycles. The number of ether oxygens (including phenoxy) is 1. The third-order valence-corrected chi connectivity index (χ3v) is 6.60. The van der Waals surface area contributed by atoms with E-state index in [9.17, 15) is 4.79 Å². The Kier molecular flexibility index (Phi) is 2.26. The number of carbonyl (C=O) groups is 1. The van der Waals surface area contributed by atoms with Gasteiger partial charge in [-0.15, -0.1) is 0 Å². The summed E-state index contributed by atoms with van der Waals surface area (Å²) in [5.41, 5.74) is 0.417. The largest absolute Gasteiger partial charge is 0.364 e. The third kappa shape index (κ3) is 1.19. The number of anilines is 1. The van der Waals surface area contributed by atoms with Crippen LogP contribution in [0.1, 0.15) is 33.1 Å². The van der Waals surface area contributed by atoms with Crippen LogP contribution in [0, 0.1) is 16.7 Å². The molecule has 3 heteroatoms. The molecule has 0 radical (unpaired) electrons. The number of amides is 1. The monoisotopic (exact) mass is 271 g/mol. The topological polar surface area (TPSA) is 38.3 Å². The Morgan fingerprint density at radius 2 is 2.05 bits per heavy atom. The quantitative estimate of drug-likeness (QED) is 0.897. The van der Waals surface area contributed by atoms with Crippen molar-refractivity contribution < 1.29 is 9.53 Å². The van der Waals surface area contributed by atoms with Crippen LogP contribution in [0.15, 0.2) is 30.3 Å². The van der Waals surface area contributed by atoms with Crippen molar-refractivity contribution in [1.29, 1.82) is 0 Å². The van der Waals surface area contributed by atoms with E-state index in [1.54, 1.807) is 0 Å². The maximum absolute atomic E-state index is 12.9. The van der Waals surface area contributed by atoms with Gasteiger partial charge in [0.15, 0.2) is 5.60 Å². The lowest BCUT2D eigenvalue weighted by Crippen LogP contribution is -2.52. The molecule has 1 aromatic carbocycles. The Bertz CT molecular complexity index is 572. The average Bonchev–Trinajstić information content (AvgIpc) is 2.92. The summed E-state index contributed by atoms with van der Waals surface area (Å²) in [6.45, 7) is 5.31. The van der Waals surface area contributed by atoms with E-state index in [0.29, 0.717) is 5.92 Å². The molecule has 1 N–H and O–H groups in total. The van der Waals surface area contributed by atoms with Gasteiger partial charge in [-0.1, -0.05) is 32.0 Å². The van der Waals surface area contributed by atoms with Crippen LogP contribution in [-0.4, -0.2) is 18.1 Å². The maximum Gasteiger partial charge on any atom is 0.257 e. The van der Waals surface area contributed by atoms with Crippen LogP contribution in [0.2, 0.25) is 0 Å². The molecule has 2 saturated carbocycles. The summed E-state index contributed by atoms with van der Waals surface area (Å²) in [6.07, 6.45) is 3.24. The molecule has 2 aliphatic carbocycles. The van der Waals surface area contributed by atoms with E-state index in [1.165, 1.54) is 6.42 Å². The molecular weight excluding hydrogens is 250 g/mol. The highest BCUT2D eigenvalue weighted by atomic mass is 16.5. The minimum absolute atomic E-state index is 0.0104. The second kappa shape index (κ2) is 3.64. The number of rotatable bonds is 2. The summed E-state index contributed by atoms with van der Waals surface area (Å²) in [4.78, 5) is 12.9. The average molecular weight is 271 g/mol. The standard InChI is InChI=1S/C17H21NO2/c1-15-11-20-17(10-12(15)8-9-16(15,17)2)14(19)18-13-6-4-3-5-7-13/h3-7,12H,8-11H2,1-2H3,(H,18,19)/t12-,15-,16-,17-/m0/s1. The first kappa shape index (κ1) is 12.4. The molecule has 1 amide bonds. The van der Waals surface area contributed by atoms with E-state index in [1.807, 2.05) is 30.3 Å². The Hall–Kier alpha value is -1.35. The molecule has 4 rings (SSSR count). The van der Waals surface area contributed by atoms with E-state index in [4.69, 9.17) is 4.74 Å². The minimum Gasteiger partial charge on any atom is -0.364 e. The van der Waals surface area contributed by atoms with E-state index in [2.05, 4.69) is 19.2 Å². The SMILES string of the molecule is C[C@@]12CC[C@H]3C[C@@]1(C(=O)Nc1ccccc1)OC[C@@]32C. The molecule has 4 bridgehead atoms. The highest BCUT2D eigenvalue weighted by Gasteiger charge is 2.78. The van der Waals surface area contributed by atoms with Crippen LogP contribution in [0.4, 0.5) is 5.69 Å². The molecule has 20 heavy (non-hydrogen) atoms. The van der Waals surface area contributed by atoms with Crippen molar-refractivity contribution in [2.24, 2.45) is 16.7 Å². The highest BCUT2D eigenvalue weighted by molar-refractivity contribution is 5.99. The van der Waals surface area contributed by atoms with Gasteiger partial charge in [-0.2, -0.15) is 0 Å². The van der Waals surface area contributed by atoms with Crippen LogP contribution in [0.5, 0.6) is 0 Å². The summed E-state index contributed by atoms with van der Waals surface area (Å²) in [5, 5.41) is 3.07. The summed E-state index contributed by atoms with van der Waals surface area (Å²) >= 11 is 0. The van der Waals surface area contributed by atoms with Gasteiger partial charge in [-0.25, -0.2) is 0 Å². The number of hydrogen-bond donors (Lipinski definition) is 1. The van der Waals surface area contributed by atoms with Crippen LogP contribution in [-0.2, 0) is 9.53 Å². The molecule has 1 saturated heterocycles. The zero-order valence-electron chi connectivity index (χ0n) is 12.1. The minimum atomic E-state index is -0.611. The molecule has 1 heterocycles. The second-order valence-corrected chi connectivity index (χ2v) is 7.13. The van der Waals surface area contributed by atoms with Gasteiger partial charge in [0.1, 0.15) is 0 Å². The first-order valence-electron chi connectivity index (χ1n) is 7.52. The number of nitrogens with one attached hydrogen (secondary N) is 1. The van der Waals surface area contributed by atoms with Gasteiger partial charge in [0, 0.05) is 16.5 Å². The van der Waals surface area contributed by atoms with Crippen molar-refractivity contribution in [3.05, 3.63) is 30.3 Å². The van der Waals surface area contributed by atoms with Gasteiger partial charge < -0.3 is 10.1 Å². The first-order chi connectivity index (χ1) is 9.52. The van der Waals surface area contributed by atoms with E-state index in [0.717, 1.165) is 25.1 Å². The molecule has 0 spiro atoms. The molecule has 3 fully saturated rings. The summed E-state index contributed by atoms with van der Waals surface area (Å²) in [5.74, 6) is 0.694. The van der Waals surface area contributed by atoms with Crippen LogP contribution < -0.4 is 5.32 Å². The molecular formula is C17H21NO2. The van der Waals surface area contributed by atoms with Crippen LogP contribution in [0.25, 0.3) is 0 Å². The van der Waals surface area contributed by atoms with Gasteiger partial charge in [-0.3, -0.25) is 4.79 Å². The summed E-state index contributed by atoms with van der Waals surface area (Å²) in [6, 6.07) is 9.69. The fourth-order valence-corrected chi connectivity index (χ4v) is 5.01. The summed E-state index contributed by atoms with van der Waals surface area (Å²) < 4.78 is 6.10. The third-order valence-electron chi connectivity index (χ3n) is 6.60. The second-order valence-electron chi connectivity index (χ2n) is 7.13. The van der Waals surface area contributed by atoms with E-state index >= 15 is 0 Å². The zero-order valence-corrected chi connectivity index (χ0v) is 12.1. The Morgan fingerprint density at radius 1 is 1.30 bits per heavy atom.